The number of nitrogens with zero attached hydrogens (tertiary/aromatic N) is 3. The summed E-state index contributed by atoms with van der Waals surface area (Å²) < 4.78 is 77.2. The van der Waals surface area contributed by atoms with Crippen LogP contribution in [-0.2, 0) is 33.5 Å². The molecular weight excluding hydrogens is 616 g/mol. The van der Waals surface area contributed by atoms with E-state index >= 15 is 0 Å². The van der Waals surface area contributed by atoms with Gasteiger partial charge in [-0.1, -0.05) is 5.04 Å². The molecule has 0 aliphatic heterocycles. The lowest BCUT2D eigenvalue weighted by molar-refractivity contribution is -0.434. The van der Waals surface area contributed by atoms with Crippen molar-refractivity contribution in [3.63, 3.8) is 0 Å². The van der Waals surface area contributed by atoms with Crippen LogP contribution in [0.2, 0.25) is 0 Å². The van der Waals surface area contributed by atoms with Gasteiger partial charge in [-0.25, -0.2) is 23.2 Å². The highest BCUT2D eigenvalue weighted by Gasteiger charge is 2.25. The molecule has 3 aromatic rings. The second-order valence-electron chi connectivity index (χ2n) is 7.48. The third kappa shape index (κ3) is 7.47. The Labute approximate surface area is 235 Å². The Bertz CT molecular complexity index is 1710. The standard InChI is InChI=1S/C20H20N4O14S3/c1-34-14-10-16(40(29,30)8-7-36-39-38-37-28)15(35-2)9-13(14)21-22-17-18(20(26)27)23-24(19(17)25)11-3-5-12(6-4-11)41(31,32)33/h3-6,9-10,23,28H,7-8H2,1-2H3,(H,26,27)(H,31,32,33). The fraction of sp³-hybridized carbons (Fsp3) is 0.200. The van der Waals surface area contributed by atoms with E-state index in [1.807, 2.05) is 0 Å². The summed E-state index contributed by atoms with van der Waals surface area (Å²) in [5, 5.41) is 30.9. The highest BCUT2D eigenvalue weighted by molar-refractivity contribution is 7.91. The number of methoxy groups -OCH3 is 2. The van der Waals surface area contributed by atoms with Crippen LogP contribution in [0.5, 0.6) is 11.5 Å². The van der Waals surface area contributed by atoms with Gasteiger partial charge in [-0.3, -0.25) is 18.6 Å². The number of aromatic amines is 1. The lowest BCUT2D eigenvalue weighted by atomic mass is 10.3. The third-order valence-electron chi connectivity index (χ3n) is 5.07. The van der Waals surface area contributed by atoms with Crippen LogP contribution < -0.4 is 15.0 Å². The zero-order chi connectivity index (χ0) is 30.4. The Hall–Kier alpha value is -3.83. The summed E-state index contributed by atoms with van der Waals surface area (Å²) in [5.74, 6) is -2.45. The van der Waals surface area contributed by atoms with E-state index in [1.54, 1.807) is 0 Å². The number of hydrogen-bond donors (Lipinski definition) is 4. The number of nitrogens with one attached hydrogen (secondary N) is 1. The molecule has 1 heterocycles. The van der Waals surface area contributed by atoms with Gasteiger partial charge < -0.3 is 14.6 Å². The van der Waals surface area contributed by atoms with Crippen LogP contribution in [0.1, 0.15) is 10.5 Å². The number of benzene rings is 2. The first-order valence-electron chi connectivity index (χ1n) is 10.7. The molecule has 2 aromatic carbocycles. The van der Waals surface area contributed by atoms with Crippen molar-refractivity contribution in [3.8, 4) is 17.2 Å². The molecule has 0 spiro atoms. The zero-order valence-electron chi connectivity index (χ0n) is 20.8. The maximum atomic E-state index is 13.0. The summed E-state index contributed by atoms with van der Waals surface area (Å²) in [5.41, 5.74) is -2.43. The maximum absolute atomic E-state index is 13.0. The molecule has 0 unspecified atom stereocenters. The number of ether oxygens (including phenoxy) is 2. The van der Waals surface area contributed by atoms with Crippen LogP contribution in [0.25, 0.3) is 5.69 Å². The maximum Gasteiger partial charge on any atom is 0.356 e. The van der Waals surface area contributed by atoms with Crippen molar-refractivity contribution < 1.29 is 59.6 Å². The van der Waals surface area contributed by atoms with Gasteiger partial charge in [0.1, 0.15) is 22.1 Å². The van der Waals surface area contributed by atoms with Crippen LogP contribution in [0.3, 0.4) is 0 Å². The van der Waals surface area contributed by atoms with Gasteiger partial charge in [-0.05, 0) is 24.3 Å². The molecule has 0 atom stereocenters. The summed E-state index contributed by atoms with van der Waals surface area (Å²) in [6.45, 7) is -0.375. The van der Waals surface area contributed by atoms with Gasteiger partial charge in [0.2, 0.25) is 0 Å². The van der Waals surface area contributed by atoms with Crippen LogP contribution in [0.15, 0.2) is 61.2 Å². The molecule has 0 bridgehead atoms. The normalized spacial score (nSPS) is 12.1. The second kappa shape index (κ2) is 13.2. The smallest absolute Gasteiger partial charge is 0.356 e. The number of aromatic nitrogens is 2. The van der Waals surface area contributed by atoms with E-state index in [9.17, 15) is 31.5 Å². The molecule has 1 aromatic heterocycles. The molecule has 4 N–H and O–H groups in total. The number of azo groups is 1. The summed E-state index contributed by atoms with van der Waals surface area (Å²) >= 11 is 0.194. The summed E-state index contributed by atoms with van der Waals surface area (Å²) in [7, 11) is -6.16. The van der Waals surface area contributed by atoms with E-state index in [1.165, 1.54) is 14.2 Å². The van der Waals surface area contributed by atoms with Crippen LogP contribution in [0.4, 0.5) is 11.4 Å². The second-order valence-corrected chi connectivity index (χ2v) is 11.5. The first-order valence-corrected chi connectivity index (χ1v) is 14.4. The molecule has 0 fully saturated rings. The number of sulfone groups is 1. The number of carbonyl (C=O) groups is 1. The zero-order valence-corrected chi connectivity index (χ0v) is 23.2. The Morgan fingerprint density at radius 3 is 2.27 bits per heavy atom. The lowest BCUT2D eigenvalue weighted by Gasteiger charge is -2.13. The van der Waals surface area contributed by atoms with Crippen molar-refractivity contribution in [1.82, 2.24) is 9.78 Å². The van der Waals surface area contributed by atoms with Crippen LogP contribution in [0, 0.1) is 0 Å². The van der Waals surface area contributed by atoms with E-state index in [0.29, 0.717) is 0 Å². The first-order chi connectivity index (χ1) is 19.3. The minimum absolute atomic E-state index is 0.0120. The largest absolute Gasteiger partial charge is 0.495 e. The number of aromatic carboxylic acids is 1. The topological polar surface area (TPSA) is 255 Å². The highest BCUT2D eigenvalue weighted by atomic mass is 32.2. The van der Waals surface area contributed by atoms with Crippen molar-refractivity contribution in [3.05, 3.63) is 52.4 Å². The Balaban J connectivity index is 2.00. The summed E-state index contributed by atoms with van der Waals surface area (Å²) in [4.78, 5) is 24.0. The van der Waals surface area contributed by atoms with E-state index < -0.39 is 53.5 Å². The lowest BCUT2D eigenvalue weighted by Crippen LogP contribution is -2.14. The number of rotatable bonds is 14. The minimum atomic E-state index is -4.51. The molecule has 18 nitrogen and oxygen atoms in total. The van der Waals surface area contributed by atoms with E-state index in [-0.39, 0.29) is 46.7 Å². The van der Waals surface area contributed by atoms with Crippen molar-refractivity contribution in [2.75, 3.05) is 26.6 Å². The van der Waals surface area contributed by atoms with E-state index in [4.69, 9.17) is 23.5 Å². The fourth-order valence-electron chi connectivity index (χ4n) is 3.22. The quantitative estimate of drug-likeness (QED) is 0.0494. The van der Waals surface area contributed by atoms with Crippen LogP contribution >= 0.6 is 12.3 Å². The Morgan fingerprint density at radius 1 is 1.05 bits per heavy atom. The monoisotopic (exact) mass is 636 g/mol. The number of carboxylic acid groups (broad SMARTS) is 1. The average molecular weight is 637 g/mol. The van der Waals surface area contributed by atoms with Gasteiger partial charge in [0, 0.05) is 12.1 Å². The van der Waals surface area contributed by atoms with Crippen molar-refractivity contribution in [1.29, 1.82) is 0 Å². The van der Waals surface area contributed by atoms with Crippen molar-refractivity contribution >= 4 is 49.6 Å². The molecule has 0 amide bonds. The molecule has 0 saturated heterocycles. The van der Waals surface area contributed by atoms with Gasteiger partial charge in [0.05, 0.1) is 37.2 Å². The number of H-pyrrole nitrogens is 1. The molecule has 3 rings (SSSR count). The van der Waals surface area contributed by atoms with Crippen LogP contribution in [-0.4, -0.2) is 74.1 Å². The average Bonchev–Trinajstić information content (AvgIpc) is 3.26. The van der Waals surface area contributed by atoms with Crippen molar-refractivity contribution in [2.45, 2.75) is 9.79 Å². The Kier molecular flexibility index (Phi) is 10.2. The minimum Gasteiger partial charge on any atom is -0.495 e. The number of carboxylic acids is 1. The molecular formula is C20H20N4O14S3. The predicted molar refractivity (Wildman–Crippen MR) is 137 cm³/mol. The molecule has 0 saturated carbocycles. The van der Waals surface area contributed by atoms with Gasteiger partial charge in [0.25, 0.3) is 15.7 Å². The summed E-state index contributed by atoms with van der Waals surface area (Å²) in [6.07, 6.45) is 0. The first kappa shape index (κ1) is 31.7. The molecule has 0 aliphatic carbocycles. The molecule has 0 radical (unpaired) electrons. The molecule has 21 heteroatoms. The van der Waals surface area contributed by atoms with Gasteiger partial charge >= 0.3 is 5.97 Å². The molecule has 41 heavy (non-hydrogen) atoms. The van der Waals surface area contributed by atoms with Gasteiger partial charge in [-0.15, -0.1) is 14.6 Å². The van der Waals surface area contributed by atoms with Gasteiger partial charge in [-0.2, -0.15) is 8.42 Å². The van der Waals surface area contributed by atoms with Crippen molar-refractivity contribution in [2.24, 2.45) is 10.2 Å². The van der Waals surface area contributed by atoms with E-state index in [0.717, 1.165) is 41.1 Å². The SMILES string of the molecule is COc1cc(S(=O)(=O)CCOSOOO)c(OC)cc1N=Nc1c(C(=O)O)[nH]n(-c2ccc(S(=O)(=O)O)cc2)c1=O. The fourth-order valence-corrected chi connectivity index (χ4v) is 5.28. The Morgan fingerprint density at radius 2 is 1.71 bits per heavy atom. The molecule has 222 valence electrons. The number of hydrogen-bond acceptors (Lipinski definition) is 15. The predicted octanol–water partition coefficient (Wildman–Crippen LogP) is 2.32. The summed E-state index contributed by atoms with van der Waals surface area (Å²) in [6, 6.07) is 6.47. The van der Waals surface area contributed by atoms with E-state index in [2.05, 4.69) is 24.7 Å². The third-order valence-corrected chi connectivity index (χ3v) is 8.01. The highest BCUT2D eigenvalue weighted by Crippen LogP contribution is 2.38. The molecule has 0 aliphatic rings. The van der Waals surface area contributed by atoms with Gasteiger partial charge in [0.15, 0.2) is 33.5 Å².